The third-order valence-electron chi connectivity index (χ3n) is 2.41. The number of ether oxygens (including phenoxy) is 2. The minimum Gasteiger partial charge on any atom is -0.466 e. The van der Waals surface area contributed by atoms with Crippen LogP contribution in [0.1, 0.15) is 24.5 Å². The number of halogens is 5. The first kappa shape index (κ1) is 18.5. The van der Waals surface area contributed by atoms with E-state index in [1.165, 1.54) is 6.92 Å². The van der Waals surface area contributed by atoms with E-state index in [2.05, 4.69) is 14.5 Å². The van der Waals surface area contributed by atoms with Gasteiger partial charge in [0.05, 0.1) is 13.0 Å². The second-order valence-corrected chi connectivity index (χ2v) is 3.93. The topological polar surface area (TPSA) is 91.6 Å². The number of alkyl halides is 5. The molecule has 0 amide bonds. The predicted molar refractivity (Wildman–Crippen MR) is 62.9 cm³/mol. The van der Waals surface area contributed by atoms with Crippen LogP contribution in [0, 0.1) is 10.1 Å². The van der Waals surface area contributed by atoms with Gasteiger partial charge in [0.1, 0.15) is 5.56 Å². The average molecular weight is 344 g/mol. The molecule has 0 aliphatic rings. The molecule has 0 radical (unpaired) electrons. The number of pyridine rings is 1. The van der Waals surface area contributed by atoms with Gasteiger partial charge in [-0.05, 0) is 16.8 Å². The van der Waals surface area contributed by atoms with E-state index in [0.717, 1.165) is 0 Å². The SMILES string of the molecule is CCOC(=O)Cc1c(OC(F)(F)F)cnc([N+](=O)[O-])c1C(F)F. The molecule has 0 N–H and O–H groups in total. The Labute approximate surface area is 125 Å². The number of rotatable bonds is 6. The Morgan fingerprint density at radius 1 is 1.43 bits per heavy atom. The Morgan fingerprint density at radius 3 is 2.48 bits per heavy atom. The van der Waals surface area contributed by atoms with Crippen LogP contribution in [-0.4, -0.2) is 28.8 Å². The monoisotopic (exact) mass is 344 g/mol. The maximum Gasteiger partial charge on any atom is 0.573 e. The first-order valence-corrected chi connectivity index (χ1v) is 5.92. The Hall–Kier alpha value is -2.53. The zero-order valence-corrected chi connectivity index (χ0v) is 11.4. The van der Waals surface area contributed by atoms with Crippen LogP contribution in [0.4, 0.5) is 27.8 Å². The lowest BCUT2D eigenvalue weighted by atomic mass is 10.1. The fourth-order valence-corrected chi connectivity index (χ4v) is 1.66. The van der Waals surface area contributed by atoms with Crippen molar-refractivity contribution >= 4 is 11.8 Å². The maximum atomic E-state index is 13.1. The highest BCUT2D eigenvalue weighted by atomic mass is 19.4. The van der Waals surface area contributed by atoms with E-state index in [1.807, 2.05) is 0 Å². The van der Waals surface area contributed by atoms with Crippen molar-refractivity contribution < 1.29 is 41.1 Å². The first-order chi connectivity index (χ1) is 10.6. The van der Waals surface area contributed by atoms with Crippen LogP contribution in [0.5, 0.6) is 5.75 Å². The molecule has 0 saturated heterocycles. The lowest BCUT2D eigenvalue weighted by Gasteiger charge is -2.14. The van der Waals surface area contributed by atoms with E-state index in [1.54, 1.807) is 0 Å². The van der Waals surface area contributed by atoms with Gasteiger partial charge in [0.2, 0.25) is 0 Å². The highest BCUT2D eigenvalue weighted by molar-refractivity contribution is 5.75. The van der Waals surface area contributed by atoms with Crippen molar-refractivity contribution in [1.82, 2.24) is 4.98 Å². The van der Waals surface area contributed by atoms with Crippen molar-refractivity contribution in [2.45, 2.75) is 26.1 Å². The van der Waals surface area contributed by atoms with Gasteiger partial charge in [-0.25, -0.2) is 8.78 Å². The maximum absolute atomic E-state index is 13.1. The Morgan fingerprint density at radius 2 is 2.04 bits per heavy atom. The summed E-state index contributed by atoms with van der Waals surface area (Å²) in [5.41, 5.74) is -2.43. The van der Waals surface area contributed by atoms with Crippen LogP contribution in [0.25, 0.3) is 0 Å². The van der Waals surface area contributed by atoms with Gasteiger partial charge in [-0.3, -0.25) is 4.79 Å². The summed E-state index contributed by atoms with van der Waals surface area (Å²) < 4.78 is 71.0. The smallest absolute Gasteiger partial charge is 0.466 e. The van der Waals surface area contributed by atoms with Crippen molar-refractivity contribution in [3.8, 4) is 5.75 Å². The molecule has 23 heavy (non-hydrogen) atoms. The zero-order chi connectivity index (χ0) is 17.8. The summed E-state index contributed by atoms with van der Waals surface area (Å²) in [5, 5.41) is 10.7. The van der Waals surface area contributed by atoms with Crippen LogP contribution >= 0.6 is 0 Å². The van der Waals surface area contributed by atoms with Gasteiger partial charge in [0.15, 0.2) is 11.9 Å². The number of nitrogens with zero attached hydrogens (tertiary/aromatic N) is 2. The molecule has 1 aromatic rings. The van der Waals surface area contributed by atoms with E-state index in [0.29, 0.717) is 0 Å². The van der Waals surface area contributed by atoms with Crippen LogP contribution in [0.15, 0.2) is 6.20 Å². The summed E-state index contributed by atoms with van der Waals surface area (Å²) in [6.07, 6.45) is -9.63. The number of carbonyl (C=O) groups is 1. The van der Waals surface area contributed by atoms with Gasteiger partial charge in [-0.1, -0.05) is 0 Å². The second kappa shape index (κ2) is 7.15. The summed E-state index contributed by atoms with van der Waals surface area (Å²) in [7, 11) is 0. The molecular weight excluding hydrogens is 335 g/mol. The molecule has 0 aliphatic heterocycles. The van der Waals surface area contributed by atoms with E-state index in [-0.39, 0.29) is 12.8 Å². The molecule has 0 spiro atoms. The van der Waals surface area contributed by atoms with Crippen LogP contribution in [0.2, 0.25) is 0 Å². The number of nitro groups is 1. The molecule has 1 rings (SSSR count). The predicted octanol–water partition coefficient (Wildman–Crippen LogP) is 2.93. The third-order valence-corrected chi connectivity index (χ3v) is 2.41. The first-order valence-electron chi connectivity index (χ1n) is 5.92. The molecule has 0 fully saturated rings. The number of esters is 1. The molecule has 1 aromatic heterocycles. The summed E-state index contributed by atoms with van der Waals surface area (Å²) in [6, 6.07) is 0. The summed E-state index contributed by atoms with van der Waals surface area (Å²) in [6.45, 7) is 1.22. The highest BCUT2D eigenvalue weighted by Crippen LogP contribution is 2.37. The van der Waals surface area contributed by atoms with E-state index in [9.17, 15) is 36.9 Å². The van der Waals surface area contributed by atoms with Crippen LogP contribution in [-0.2, 0) is 16.0 Å². The minimum atomic E-state index is -5.26. The third kappa shape index (κ3) is 5.00. The van der Waals surface area contributed by atoms with Gasteiger partial charge in [0.25, 0.3) is 6.43 Å². The molecule has 0 aromatic carbocycles. The van der Waals surface area contributed by atoms with Crippen molar-refractivity contribution in [3.05, 3.63) is 27.4 Å². The summed E-state index contributed by atoms with van der Waals surface area (Å²) in [4.78, 5) is 23.8. The van der Waals surface area contributed by atoms with Gasteiger partial charge in [-0.2, -0.15) is 0 Å². The van der Waals surface area contributed by atoms with E-state index < -0.39 is 52.8 Å². The molecule has 0 aliphatic carbocycles. The molecular formula is C11H9F5N2O5. The van der Waals surface area contributed by atoms with Gasteiger partial charge < -0.3 is 19.6 Å². The van der Waals surface area contributed by atoms with Gasteiger partial charge in [0, 0.05) is 5.56 Å². The van der Waals surface area contributed by atoms with E-state index in [4.69, 9.17) is 0 Å². The summed E-state index contributed by atoms with van der Waals surface area (Å²) >= 11 is 0. The van der Waals surface area contributed by atoms with Gasteiger partial charge >= 0.3 is 18.1 Å². The molecule has 0 bridgehead atoms. The number of aromatic nitrogens is 1. The fourth-order valence-electron chi connectivity index (χ4n) is 1.66. The normalized spacial score (nSPS) is 11.4. The Balaban J connectivity index is 3.49. The number of hydrogen-bond acceptors (Lipinski definition) is 6. The van der Waals surface area contributed by atoms with Crippen molar-refractivity contribution in [2.75, 3.05) is 6.61 Å². The number of hydrogen-bond donors (Lipinski definition) is 0. The quantitative estimate of drug-likeness (QED) is 0.341. The number of carbonyl (C=O) groups excluding carboxylic acids is 1. The Kier molecular flexibility index (Phi) is 5.76. The molecule has 0 saturated carbocycles. The zero-order valence-electron chi connectivity index (χ0n) is 11.4. The molecule has 0 atom stereocenters. The molecule has 0 unspecified atom stereocenters. The van der Waals surface area contributed by atoms with Crippen LogP contribution < -0.4 is 4.74 Å². The fraction of sp³-hybridized carbons (Fsp3) is 0.455. The summed E-state index contributed by atoms with van der Waals surface area (Å²) in [5.74, 6) is -3.75. The lowest BCUT2D eigenvalue weighted by molar-refractivity contribution is -0.391. The van der Waals surface area contributed by atoms with Gasteiger partial charge in [-0.15, -0.1) is 13.2 Å². The molecule has 7 nitrogen and oxygen atoms in total. The van der Waals surface area contributed by atoms with E-state index >= 15 is 0 Å². The van der Waals surface area contributed by atoms with Crippen molar-refractivity contribution in [2.24, 2.45) is 0 Å². The Bertz CT molecular complexity index is 605. The molecule has 128 valence electrons. The minimum absolute atomic E-state index is 0.161. The van der Waals surface area contributed by atoms with Crippen molar-refractivity contribution in [1.29, 1.82) is 0 Å². The standard InChI is InChI=1S/C11H9F5N2O5/c1-2-22-7(19)3-5-6(23-11(14,15)16)4-17-10(18(20)21)8(5)9(12)13/h4,9H,2-3H2,1H3. The molecule has 12 heteroatoms. The largest absolute Gasteiger partial charge is 0.573 e. The van der Waals surface area contributed by atoms with Crippen molar-refractivity contribution in [3.63, 3.8) is 0 Å². The van der Waals surface area contributed by atoms with Crippen LogP contribution in [0.3, 0.4) is 0 Å². The lowest BCUT2D eigenvalue weighted by Crippen LogP contribution is -2.21. The highest BCUT2D eigenvalue weighted by Gasteiger charge is 2.37. The average Bonchev–Trinajstić information content (AvgIpc) is 2.38. The molecule has 1 heterocycles. The second-order valence-electron chi connectivity index (χ2n) is 3.93.